The van der Waals surface area contributed by atoms with Gasteiger partial charge in [-0.05, 0) is 126 Å². The lowest BCUT2D eigenvalue weighted by molar-refractivity contribution is 0.531. The Morgan fingerprint density at radius 2 is 0.911 bits per heavy atom. The number of unbranched alkanes of at least 4 members (excludes halogenated alkanes) is 6. The van der Waals surface area contributed by atoms with E-state index in [2.05, 4.69) is 83.6 Å². The van der Waals surface area contributed by atoms with E-state index in [0.29, 0.717) is 0 Å². The Morgan fingerprint density at radius 3 is 1.36 bits per heavy atom. The summed E-state index contributed by atoms with van der Waals surface area (Å²) in [6.07, 6.45) is 16.7. The number of benzene rings is 2. The van der Waals surface area contributed by atoms with Gasteiger partial charge < -0.3 is 32.7 Å². The van der Waals surface area contributed by atoms with Crippen LogP contribution in [-0.4, -0.2) is 64.4 Å². The summed E-state index contributed by atoms with van der Waals surface area (Å²) in [5, 5.41) is 14.3. The van der Waals surface area contributed by atoms with E-state index >= 15 is 0 Å². The van der Waals surface area contributed by atoms with Crippen LogP contribution in [-0.2, 0) is 12.8 Å². The van der Waals surface area contributed by atoms with Gasteiger partial charge >= 0.3 is 0 Å². The van der Waals surface area contributed by atoms with E-state index in [-0.39, 0.29) is 24.5 Å². The summed E-state index contributed by atoms with van der Waals surface area (Å²) in [4.78, 5) is 0. The molecule has 0 spiro atoms. The first-order valence-electron chi connectivity index (χ1n) is 18.1. The van der Waals surface area contributed by atoms with Crippen LogP contribution < -0.4 is 32.7 Å². The Bertz CT molecular complexity index is 875. The minimum absolute atomic E-state index is 0. The van der Waals surface area contributed by atoms with Crippen molar-refractivity contribution in [1.29, 1.82) is 0 Å². The molecule has 2 atom stereocenters. The van der Waals surface area contributed by atoms with E-state index in [1.54, 1.807) is 0 Å². The van der Waals surface area contributed by atoms with Crippen LogP contribution in [0, 0.1) is 0 Å². The number of hydrogen-bond donors (Lipinski definition) is 6. The van der Waals surface area contributed by atoms with E-state index in [0.717, 1.165) is 90.9 Å². The Morgan fingerprint density at radius 1 is 0.489 bits per heavy atom. The zero-order chi connectivity index (χ0) is 31.5. The van der Waals surface area contributed by atoms with E-state index in [4.69, 9.17) is 11.5 Å². The van der Waals surface area contributed by atoms with Crippen molar-refractivity contribution >= 4 is 12.4 Å². The third-order valence-corrected chi connectivity index (χ3v) is 8.37. The number of hydrogen-bond acceptors (Lipinski definition) is 6. The number of rotatable bonds is 29. The second kappa shape index (κ2) is 28.7. The monoisotopic (exact) mass is 645 g/mol. The predicted octanol–water partition coefficient (Wildman–Crippen LogP) is 6.59. The normalized spacial score (nSPS) is 12.6. The van der Waals surface area contributed by atoms with E-state index in [9.17, 15) is 0 Å². The highest BCUT2D eigenvalue weighted by atomic mass is 35.5. The minimum atomic E-state index is 0. The van der Waals surface area contributed by atoms with Crippen LogP contribution >= 0.6 is 12.4 Å². The molecule has 2 rings (SSSR count). The summed E-state index contributed by atoms with van der Waals surface area (Å²) in [6.45, 7) is 13.0. The van der Waals surface area contributed by atoms with Gasteiger partial charge in [-0.2, -0.15) is 0 Å². The quantitative estimate of drug-likeness (QED) is 0.0559. The SMILES string of the molecule is CCCCCCNCCCNCCC(N)Cc1cc(CC(N)CCNCCCNCCCCCC)cc(-c2ccccc2)c1.Cl. The molecule has 2 unspecified atom stereocenters. The Kier molecular flexibility index (Phi) is 26.5. The van der Waals surface area contributed by atoms with Gasteiger partial charge in [-0.3, -0.25) is 0 Å². The minimum Gasteiger partial charge on any atom is -0.327 e. The van der Waals surface area contributed by atoms with Crippen LogP contribution in [0.25, 0.3) is 11.1 Å². The smallest absolute Gasteiger partial charge is 0.00914 e. The van der Waals surface area contributed by atoms with E-state index in [1.165, 1.54) is 73.6 Å². The standard InChI is InChI=1S/C38H68N6.ClH/c1-3-5-7-12-20-41-22-14-24-43-26-18-37(39)31-33-28-34(30-36(29-33)35-16-10-9-11-17-35)32-38(40)19-27-44-25-15-23-42-21-13-8-6-4-2;/h9-11,16-17,28-30,37-38,41-44H,3-8,12-15,18-27,31-32,39-40H2,1-2H3;1H. The first kappa shape index (κ1) is 41.5. The van der Waals surface area contributed by atoms with Crippen LogP contribution in [0.15, 0.2) is 48.5 Å². The van der Waals surface area contributed by atoms with Gasteiger partial charge in [-0.25, -0.2) is 0 Å². The molecule has 0 aliphatic heterocycles. The van der Waals surface area contributed by atoms with Crippen molar-refractivity contribution in [2.24, 2.45) is 11.5 Å². The second-order valence-corrected chi connectivity index (χ2v) is 12.7. The van der Waals surface area contributed by atoms with Gasteiger partial charge in [0.25, 0.3) is 0 Å². The maximum Gasteiger partial charge on any atom is 0.00914 e. The molecule has 45 heavy (non-hydrogen) atoms. The van der Waals surface area contributed by atoms with Gasteiger partial charge in [0, 0.05) is 12.1 Å². The van der Waals surface area contributed by atoms with Crippen LogP contribution in [0.4, 0.5) is 0 Å². The topological polar surface area (TPSA) is 100 Å². The van der Waals surface area contributed by atoms with E-state index < -0.39 is 0 Å². The van der Waals surface area contributed by atoms with Crippen LogP contribution in [0.3, 0.4) is 0 Å². The Balaban J connectivity index is 0.0000101. The molecule has 258 valence electrons. The van der Waals surface area contributed by atoms with Crippen molar-refractivity contribution in [3.63, 3.8) is 0 Å². The molecule has 0 amide bonds. The van der Waals surface area contributed by atoms with Gasteiger partial charge in [0.1, 0.15) is 0 Å². The fourth-order valence-corrected chi connectivity index (χ4v) is 5.71. The molecule has 0 heterocycles. The van der Waals surface area contributed by atoms with Crippen LogP contribution in [0.5, 0.6) is 0 Å². The Hall–Kier alpha value is -1.51. The molecule has 0 aliphatic rings. The van der Waals surface area contributed by atoms with Gasteiger partial charge in [-0.1, -0.05) is 101 Å². The lowest BCUT2D eigenvalue weighted by Crippen LogP contribution is -2.30. The van der Waals surface area contributed by atoms with Crippen molar-refractivity contribution in [3.8, 4) is 11.1 Å². The molecule has 2 aromatic carbocycles. The average Bonchev–Trinajstić information content (AvgIpc) is 3.02. The van der Waals surface area contributed by atoms with Crippen molar-refractivity contribution < 1.29 is 0 Å². The van der Waals surface area contributed by atoms with Crippen LogP contribution in [0.2, 0.25) is 0 Å². The van der Waals surface area contributed by atoms with Gasteiger partial charge in [-0.15, -0.1) is 12.4 Å². The van der Waals surface area contributed by atoms with Crippen molar-refractivity contribution in [3.05, 3.63) is 59.7 Å². The molecule has 0 fully saturated rings. The molecule has 8 N–H and O–H groups in total. The third kappa shape index (κ3) is 21.8. The second-order valence-electron chi connectivity index (χ2n) is 12.7. The average molecular weight is 645 g/mol. The summed E-state index contributed by atoms with van der Waals surface area (Å²) >= 11 is 0. The van der Waals surface area contributed by atoms with E-state index in [1.807, 2.05) is 0 Å². The molecule has 0 aliphatic carbocycles. The molecular formula is C38H69ClN6. The Labute approximate surface area is 283 Å². The fourth-order valence-electron chi connectivity index (χ4n) is 5.71. The molecule has 0 aromatic heterocycles. The summed E-state index contributed by atoms with van der Waals surface area (Å²) in [7, 11) is 0. The highest BCUT2D eigenvalue weighted by molar-refractivity contribution is 5.85. The fraction of sp³-hybridized carbons (Fsp3) is 0.684. The van der Waals surface area contributed by atoms with Crippen molar-refractivity contribution in [2.75, 3.05) is 52.4 Å². The number of nitrogens with two attached hydrogens (primary N) is 2. The van der Waals surface area contributed by atoms with Gasteiger partial charge in [0.2, 0.25) is 0 Å². The van der Waals surface area contributed by atoms with Crippen LogP contribution in [0.1, 0.15) is 102 Å². The zero-order valence-electron chi connectivity index (χ0n) is 28.9. The third-order valence-electron chi connectivity index (χ3n) is 8.37. The van der Waals surface area contributed by atoms with Gasteiger partial charge in [0.05, 0.1) is 0 Å². The molecule has 6 nitrogen and oxygen atoms in total. The summed E-state index contributed by atoms with van der Waals surface area (Å²) in [5.41, 5.74) is 18.4. The van der Waals surface area contributed by atoms with Gasteiger partial charge in [0.15, 0.2) is 0 Å². The highest BCUT2D eigenvalue weighted by Crippen LogP contribution is 2.24. The summed E-state index contributed by atoms with van der Waals surface area (Å²) in [6, 6.07) is 17.9. The molecule has 7 heteroatoms. The molecule has 0 radical (unpaired) electrons. The summed E-state index contributed by atoms with van der Waals surface area (Å²) in [5.74, 6) is 0. The summed E-state index contributed by atoms with van der Waals surface area (Å²) < 4.78 is 0. The highest BCUT2D eigenvalue weighted by Gasteiger charge is 2.11. The lowest BCUT2D eigenvalue weighted by Gasteiger charge is -2.17. The number of halogens is 1. The van der Waals surface area contributed by atoms with Crippen molar-refractivity contribution in [1.82, 2.24) is 21.3 Å². The zero-order valence-corrected chi connectivity index (χ0v) is 29.7. The molecule has 0 saturated carbocycles. The molecule has 0 saturated heterocycles. The predicted molar refractivity (Wildman–Crippen MR) is 201 cm³/mol. The van der Waals surface area contributed by atoms with Crippen molar-refractivity contribution in [2.45, 2.75) is 116 Å². The largest absolute Gasteiger partial charge is 0.327 e. The maximum absolute atomic E-state index is 6.63. The molecular weight excluding hydrogens is 576 g/mol. The molecule has 2 aromatic rings. The lowest BCUT2D eigenvalue weighted by atomic mass is 9.93. The number of nitrogens with one attached hydrogen (secondary N) is 4. The maximum atomic E-state index is 6.63. The molecule has 0 bridgehead atoms. The first-order chi connectivity index (χ1) is 21.6. The first-order valence-corrected chi connectivity index (χ1v) is 18.1.